The normalized spacial score (nSPS) is 17.1. The number of hydrogen-bond acceptors (Lipinski definition) is 5. The number of nitriles is 1. The van der Waals surface area contributed by atoms with Gasteiger partial charge >= 0.3 is 0 Å². The molecule has 0 spiro atoms. The van der Waals surface area contributed by atoms with Crippen molar-refractivity contribution in [2.75, 3.05) is 0 Å². The van der Waals surface area contributed by atoms with E-state index in [9.17, 15) is 10.1 Å². The van der Waals surface area contributed by atoms with E-state index in [0.29, 0.717) is 5.56 Å². The van der Waals surface area contributed by atoms with Gasteiger partial charge in [-0.2, -0.15) is 5.26 Å². The highest BCUT2D eigenvalue weighted by Gasteiger charge is 2.33. The van der Waals surface area contributed by atoms with Crippen LogP contribution < -0.4 is 16.0 Å². The van der Waals surface area contributed by atoms with E-state index < -0.39 is 5.92 Å². The van der Waals surface area contributed by atoms with Gasteiger partial charge in [0, 0.05) is 0 Å². The van der Waals surface area contributed by atoms with E-state index in [0.717, 1.165) is 5.56 Å². The lowest BCUT2D eigenvalue weighted by Gasteiger charge is -2.24. The Morgan fingerprint density at radius 1 is 1.35 bits per heavy atom. The number of allylic oxidation sites excluding steroid dienone is 1. The Kier molecular flexibility index (Phi) is 2.73. The second kappa shape index (κ2) is 4.55. The number of aromatic nitrogens is 2. The van der Waals surface area contributed by atoms with Gasteiger partial charge in [-0.1, -0.05) is 30.3 Å². The number of ether oxygens (including phenoxy) is 1. The monoisotopic (exact) mass is 266 g/mol. The maximum atomic E-state index is 12.1. The average molecular weight is 266 g/mol. The highest BCUT2D eigenvalue weighted by Crippen LogP contribution is 2.38. The molecule has 1 aromatic carbocycles. The minimum absolute atomic E-state index is 0.0213. The maximum absolute atomic E-state index is 12.1. The Labute approximate surface area is 114 Å². The number of fused-ring (bicyclic) bond motifs is 1. The van der Waals surface area contributed by atoms with Crippen LogP contribution in [0.5, 0.6) is 5.88 Å². The predicted molar refractivity (Wildman–Crippen MR) is 70.6 cm³/mol. The van der Waals surface area contributed by atoms with Gasteiger partial charge in [-0.25, -0.2) is 4.98 Å². The molecular weight excluding hydrogens is 256 g/mol. The molecule has 1 unspecified atom stereocenters. The van der Waals surface area contributed by atoms with E-state index in [2.05, 4.69) is 9.97 Å². The van der Waals surface area contributed by atoms with Crippen molar-refractivity contribution < 1.29 is 4.74 Å². The molecule has 1 aliphatic rings. The lowest BCUT2D eigenvalue weighted by atomic mass is 9.85. The molecule has 0 amide bonds. The van der Waals surface area contributed by atoms with Gasteiger partial charge in [0.15, 0.2) is 0 Å². The summed E-state index contributed by atoms with van der Waals surface area (Å²) in [6, 6.07) is 11.2. The fraction of sp³-hybridized carbons (Fsp3) is 0.0714. The Bertz CT molecular complexity index is 787. The SMILES string of the molecule is N#CC1=C(N)Oc2nc[nH]c(=O)c2C1c1ccccc1. The highest BCUT2D eigenvalue weighted by molar-refractivity contribution is 5.52. The Morgan fingerprint density at radius 3 is 2.80 bits per heavy atom. The minimum atomic E-state index is -0.567. The molecule has 0 aliphatic carbocycles. The molecule has 6 heteroatoms. The summed E-state index contributed by atoms with van der Waals surface area (Å²) in [5.74, 6) is -0.451. The summed E-state index contributed by atoms with van der Waals surface area (Å²) in [6.45, 7) is 0. The van der Waals surface area contributed by atoms with Crippen molar-refractivity contribution in [2.24, 2.45) is 5.73 Å². The van der Waals surface area contributed by atoms with Gasteiger partial charge in [0.25, 0.3) is 5.56 Å². The first-order chi connectivity index (χ1) is 9.72. The van der Waals surface area contributed by atoms with Crippen molar-refractivity contribution in [2.45, 2.75) is 5.92 Å². The average Bonchev–Trinajstić information content (AvgIpc) is 2.47. The van der Waals surface area contributed by atoms with Crippen molar-refractivity contribution in [1.29, 1.82) is 5.26 Å². The van der Waals surface area contributed by atoms with Crippen LogP contribution in [0.2, 0.25) is 0 Å². The predicted octanol–water partition coefficient (Wildman–Crippen LogP) is 0.988. The Morgan fingerprint density at radius 2 is 2.10 bits per heavy atom. The molecule has 20 heavy (non-hydrogen) atoms. The maximum Gasteiger partial charge on any atom is 0.258 e. The molecule has 1 aromatic heterocycles. The fourth-order valence-corrected chi connectivity index (χ4v) is 2.27. The van der Waals surface area contributed by atoms with Gasteiger partial charge in [0.1, 0.15) is 11.6 Å². The zero-order valence-corrected chi connectivity index (χ0v) is 10.3. The van der Waals surface area contributed by atoms with Crippen LogP contribution in [0.4, 0.5) is 0 Å². The van der Waals surface area contributed by atoms with E-state index in [1.165, 1.54) is 6.33 Å². The summed E-state index contributed by atoms with van der Waals surface area (Å²) in [4.78, 5) is 18.5. The molecule has 3 N–H and O–H groups in total. The van der Waals surface area contributed by atoms with Gasteiger partial charge in [-0.15, -0.1) is 0 Å². The van der Waals surface area contributed by atoms with Crippen LogP contribution in [-0.4, -0.2) is 9.97 Å². The van der Waals surface area contributed by atoms with Crippen LogP contribution in [0.3, 0.4) is 0 Å². The molecule has 2 aromatic rings. The van der Waals surface area contributed by atoms with Crippen LogP contribution >= 0.6 is 0 Å². The van der Waals surface area contributed by atoms with E-state index in [4.69, 9.17) is 10.5 Å². The van der Waals surface area contributed by atoms with E-state index in [-0.39, 0.29) is 22.9 Å². The minimum Gasteiger partial charge on any atom is -0.422 e. The van der Waals surface area contributed by atoms with E-state index >= 15 is 0 Å². The van der Waals surface area contributed by atoms with Crippen LogP contribution in [0.15, 0.2) is 52.9 Å². The highest BCUT2D eigenvalue weighted by atomic mass is 16.5. The van der Waals surface area contributed by atoms with Crippen molar-refractivity contribution >= 4 is 0 Å². The molecule has 1 atom stereocenters. The third-order valence-corrected chi connectivity index (χ3v) is 3.16. The number of nitrogens with zero attached hydrogens (tertiary/aromatic N) is 2. The molecule has 98 valence electrons. The third kappa shape index (κ3) is 1.73. The number of aromatic amines is 1. The summed E-state index contributed by atoms with van der Waals surface area (Å²) in [7, 11) is 0. The van der Waals surface area contributed by atoms with Gasteiger partial charge in [0.05, 0.1) is 17.8 Å². The van der Waals surface area contributed by atoms with Crippen LogP contribution in [0.1, 0.15) is 17.0 Å². The summed E-state index contributed by atoms with van der Waals surface area (Å²) in [5.41, 5.74) is 6.71. The first-order valence-electron chi connectivity index (χ1n) is 5.92. The first kappa shape index (κ1) is 12.0. The van der Waals surface area contributed by atoms with Crippen molar-refractivity contribution in [3.8, 4) is 11.9 Å². The number of benzene rings is 1. The van der Waals surface area contributed by atoms with Crippen LogP contribution in [-0.2, 0) is 0 Å². The number of hydrogen-bond donors (Lipinski definition) is 2. The first-order valence-corrected chi connectivity index (χ1v) is 5.92. The zero-order valence-electron chi connectivity index (χ0n) is 10.3. The van der Waals surface area contributed by atoms with Crippen molar-refractivity contribution in [1.82, 2.24) is 9.97 Å². The molecule has 0 radical (unpaired) electrons. The molecule has 0 saturated carbocycles. The molecular formula is C14H10N4O2. The zero-order chi connectivity index (χ0) is 14.1. The topological polar surface area (TPSA) is 105 Å². The largest absolute Gasteiger partial charge is 0.422 e. The van der Waals surface area contributed by atoms with Gasteiger partial charge < -0.3 is 15.5 Å². The molecule has 0 fully saturated rings. The molecule has 6 nitrogen and oxygen atoms in total. The van der Waals surface area contributed by atoms with Crippen molar-refractivity contribution in [3.63, 3.8) is 0 Å². The number of rotatable bonds is 1. The summed E-state index contributed by atoms with van der Waals surface area (Å²) >= 11 is 0. The van der Waals surface area contributed by atoms with E-state index in [1.807, 2.05) is 36.4 Å². The number of nitrogens with one attached hydrogen (secondary N) is 1. The van der Waals surface area contributed by atoms with Gasteiger partial charge in [-0.05, 0) is 5.56 Å². The summed E-state index contributed by atoms with van der Waals surface area (Å²) < 4.78 is 5.27. The number of H-pyrrole nitrogens is 1. The lowest BCUT2D eigenvalue weighted by molar-refractivity contribution is 0.375. The quantitative estimate of drug-likeness (QED) is 0.800. The number of nitrogens with two attached hydrogens (primary N) is 1. The lowest BCUT2D eigenvalue weighted by Crippen LogP contribution is -2.28. The Hall–Kier alpha value is -3.07. The Balaban J connectivity index is 2.31. The molecule has 0 bridgehead atoms. The standard InChI is InChI=1S/C14H10N4O2/c15-6-9-10(8-4-2-1-3-5-8)11-13(19)17-7-18-14(11)20-12(9)16/h1-5,7,10H,16H2,(H,17,18,19). The molecule has 0 saturated heterocycles. The van der Waals surface area contributed by atoms with E-state index in [1.54, 1.807) is 0 Å². The fourth-order valence-electron chi connectivity index (χ4n) is 2.27. The molecule has 1 aliphatic heterocycles. The van der Waals surface area contributed by atoms with Crippen LogP contribution in [0.25, 0.3) is 0 Å². The third-order valence-electron chi connectivity index (χ3n) is 3.16. The van der Waals surface area contributed by atoms with Crippen molar-refractivity contribution in [3.05, 3.63) is 69.6 Å². The molecule has 2 heterocycles. The van der Waals surface area contributed by atoms with Crippen LogP contribution in [0, 0.1) is 11.3 Å². The smallest absolute Gasteiger partial charge is 0.258 e. The summed E-state index contributed by atoms with van der Waals surface area (Å²) in [5, 5.41) is 9.31. The molecule has 3 rings (SSSR count). The second-order valence-electron chi connectivity index (χ2n) is 4.29. The van der Waals surface area contributed by atoms with Gasteiger partial charge in [-0.3, -0.25) is 4.79 Å². The second-order valence-corrected chi connectivity index (χ2v) is 4.29. The van der Waals surface area contributed by atoms with Gasteiger partial charge in [0.2, 0.25) is 11.8 Å². The summed E-state index contributed by atoms with van der Waals surface area (Å²) in [6.07, 6.45) is 1.24.